The van der Waals surface area contributed by atoms with Crippen LogP contribution in [0.25, 0.3) is 11.1 Å². The van der Waals surface area contributed by atoms with Gasteiger partial charge in [0, 0.05) is 47.6 Å². The van der Waals surface area contributed by atoms with Crippen LogP contribution in [0.1, 0.15) is 75.6 Å². The number of aliphatic hydroxyl groups is 1. The Morgan fingerprint density at radius 2 is 1.63 bits per heavy atom. The minimum Gasteiger partial charge on any atom is -0.440 e. The number of nitrogens with zero attached hydrogens (tertiary/aromatic N) is 1. The number of ketones is 1. The quantitative estimate of drug-likeness (QED) is 0.196. The Morgan fingerprint density at radius 3 is 2.39 bits per heavy atom. The molecule has 0 unspecified atom stereocenters. The molecule has 6 heteroatoms. The maximum absolute atomic E-state index is 14.9. The highest BCUT2D eigenvalue weighted by molar-refractivity contribution is 6.10. The lowest BCUT2D eigenvalue weighted by molar-refractivity contribution is -0.164. The lowest BCUT2D eigenvalue weighted by Gasteiger charge is -2.71. The van der Waals surface area contributed by atoms with Gasteiger partial charge in [0.15, 0.2) is 5.78 Å². The number of ether oxygens (including phenoxy) is 2. The first-order chi connectivity index (χ1) is 22.1. The van der Waals surface area contributed by atoms with Crippen LogP contribution < -0.4 is 0 Å². The van der Waals surface area contributed by atoms with Gasteiger partial charge in [0.1, 0.15) is 5.60 Å². The highest BCUT2D eigenvalue weighted by Gasteiger charge is 2.76. The molecule has 3 saturated carbocycles. The average Bonchev–Trinajstić information content (AvgIpc) is 3.55. The second-order valence-corrected chi connectivity index (χ2v) is 15.7. The summed E-state index contributed by atoms with van der Waals surface area (Å²) in [6.45, 7) is 6.65. The van der Waals surface area contributed by atoms with Crippen LogP contribution in [0.15, 0.2) is 78.4 Å². The summed E-state index contributed by atoms with van der Waals surface area (Å²) in [5, 5.41) is 11.0. The standard InChI is InChI=1S/C40H47NO5/c1-36-17-14-30(42)24-38(36)20-21-40(31(25-38)34(43)29-12-10-28(11-13-29)27-8-5-4-6-9-27)32(36)15-18-37(2)33(40)16-19-39(37)26-41(35(44)46-39)22-7-23-45-3/h4-6,8-13,20-21,25,30,32-33,42H,7,14-19,22-24,26H2,1-3H3/t30-,32+,33+,36+,37-,38-,39+,40+/m0/s1. The van der Waals surface area contributed by atoms with E-state index in [1.807, 2.05) is 35.2 Å². The van der Waals surface area contributed by atoms with E-state index in [1.165, 1.54) is 0 Å². The Kier molecular flexibility index (Phi) is 6.81. The maximum Gasteiger partial charge on any atom is 0.410 e. The molecule has 1 heterocycles. The number of aliphatic hydroxyl groups excluding tert-OH is 1. The third-order valence-electron chi connectivity index (χ3n) is 13.9. The second-order valence-electron chi connectivity index (χ2n) is 15.7. The molecule has 9 rings (SSSR count). The lowest BCUT2D eigenvalue weighted by atomic mass is 9.32. The summed E-state index contributed by atoms with van der Waals surface area (Å²) in [5.41, 5.74) is 2.20. The van der Waals surface area contributed by atoms with Crippen molar-refractivity contribution >= 4 is 11.9 Å². The van der Waals surface area contributed by atoms with Crippen LogP contribution in [0, 0.1) is 33.5 Å². The molecule has 7 aliphatic rings. The second kappa shape index (κ2) is 10.4. The molecule has 2 bridgehead atoms. The van der Waals surface area contributed by atoms with Crippen molar-refractivity contribution in [2.45, 2.75) is 76.9 Å². The number of methoxy groups -OCH3 is 1. The Labute approximate surface area is 272 Å². The molecular formula is C40H47NO5. The molecule has 6 nitrogen and oxygen atoms in total. The number of carbonyl (C=O) groups excluding carboxylic acids is 2. The molecule has 6 aliphatic carbocycles. The van der Waals surface area contributed by atoms with Crippen LogP contribution in [0.5, 0.6) is 0 Å². The molecule has 8 atom stereocenters. The van der Waals surface area contributed by atoms with E-state index in [-0.39, 0.29) is 46.1 Å². The molecule has 1 amide bonds. The number of fused-ring (bicyclic) bond motifs is 2. The van der Waals surface area contributed by atoms with Gasteiger partial charge in [-0.1, -0.05) is 86.7 Å². The van der Waals surface area contributed by atoms with E-state index in [1.54, 1.807) is 7.11 Å². The fourth-order valence-corrected chi connectivity index (χ4v) is 11.6. The molecule has 0 radical (unpaired) electrons. The summed E-state index contributed by atoms with van der Waals surface area (Å²) in [6.07, 6.45) is 13.4. The number of allylic oxidation sites excluding steroid dienone is 4. The molecule has 1 aliphatic heterocycles. The van der Waals surface area contributed by atoms with Crippen molar-refractivity contribution in [3.8, 4) is 11.1 Å². The van der Waals surface area contributed by atoms with E-state index in [9.17, 15) is 14.7 Å². The zero-order valence-corrected chi connectivity index (χ0v) is 27.5. The highest BCUT2D eigenvalue weighted by atomic mass is 16.6. The Morgan fingerprint density at radius 1 is 0.935 bits per heavy atom. The summed E-state index contributed by atoms with van der Waals surface area (Å²) in [7, 11) is 1.69. The van der Waals surface area contributed by atoms with Crippen molar-refractivity contribution in [2.75, 3.05) is 26.8 Å². The zero-order chi connectivity index (χ0) is 32.0. The van der Waals surface area contributed by atoms with Gasteiger partial charge in [0.25, 0.3) is 0 Å². The Balaban J connectivity index is 1.21. The first-order valence-electron chi connectivity index (χ1n) is 17.4. The van der Waals surface area contributed by atoms with Gasteiger partial charge >= 0.3 is 6.09 Å². The molecule has 3 spiro atoms. The summed E-state index contributed by atoms with van der Waals surface area (Å²) in [4.78, 5) is 30.1. The fourth-order valence-electron chi connectivity index (χ4n) is 11.6. The predicted molar refractivity (Wildman–Crippen MR) is 177 cm³/mol. The van der Waals surface area contributed by atoms with E-state index in [4.69, 9.17) is 9.47 Å². The molecule has 46 heavy (non-hydrogen) atoms. The molecule has 242 valence electrons. The first-order valence-corrected chi connectivity index (χ1v) is 17.4. The highest BCUT2D eigenvalue weighted by Crippen LogP contribution is 2.79. The van der Waals surface area contributed by atoms with Gasteiger partial charge < -0.3 is 19.5 Å². The van der Waals surface area contributed by atoms with Gasteiger partial charge in [-0.25, -0.2) is 4.79 Å². The number of rotatable bonds is 7. The van der Waals surface area contributed by atoms with Gasteiger partial charge in [0.05, 0.1) is 12.6 Å². The van der Waals surface area contributed by atoms with Crippen molar-refractivity contribution in [3.05, 3.63) is 84.0 Å². The van der Waals surface area contributed by atoms with Crippen LogP contribution >= 0.6 is 0 Å². The van der Waals surface area contributed by atoms with Crippen molar-refractivity contribution in [3.63, 3.8) is 0 Å². The van der Waals surface area contributed by atoms with Crippen LogP contribution in [0.2, 0.25) is 0 Å². The zero-order valence-electron chi connectivity index (χ0n) is 27.5. The average molecular weight is 622 g/mol. The number of hydrogen-bond acceptors (Lipinski definition) is 5. The summed E-state index contributed by atoms with van der Waals surface area (Å²) < 4.78 is 11.7. The third-order valence-corrected chi connectivity index (χ3v) is 13.9. The van der Waals surface area contributed by atoms with Gasteiger partial charge in [-0.15, -0.1) is 0 Å². The third kappa shape index (κ3) is 3.89. The minimum absolute atomic E-state index is 0.0441. The number of carbonyl (C=O) groups is 2. The first kappa shape index (κ1) is 30.1. The summed E-state index contributed by atoms with van der Waals surface area (Å²) in [5.74, 6) is 0.556. The SMILES string of the molecule is COCCCN1C[C@@]2(CC[C@H]3[C@]45C=C[C@@]6(C=C4C(=O)c4ccc(-c7ccccc7)cc4)C[C@@H](O)CC[C@]6(C)[C@H]5CC[C@@]32C)OC1=O. The fraction of sp³-hybridized carbons (Fsp3) is 0.550. The normalized spacial score (nSPS) is 40.3. The summed E-state index contributed by atoms with van der Waals surface area (Å²) >= 11 is 0. The van der Waals surface area contributed by atoms with Crippen LogP contribution in [-0.4, -0.2) is 60.4 Å². The number of Topliss-reactive ketones (excluding diaryl/α,β-unsaturated/α-hetero) is 1. The molecule has 1 saturated heterocycles. The molecular weight excluding hydrogens is 574 g/mol. The van der Waals surface area contributed by atoms with Crippen molar-refractivity contribution < 1.29 is 24.2 Å². The predicted octanol–water partition coefficient (Wildman–Crippen LogP) is 7.62. The van der Waals surface area contributed by atoms with Crippen molar-refractivity contribution in [2.24, 2.45) is 33.5 Å². The minimum atomic E-state index is -0.559. The van der Waals surface area contributed by atoms with E-state index in [0.717, 1.165) is 61.6 Å². The number of hydrogen-bond donors (Lipinski definition) is 1. The topological polar surface area (TPSA) is 76.1 Å². The number of benzene rings is 2. The largest absolute Gasteiger partial charge is 0.440 e. The van der Waals surface area contributed by atoms with Crippen molar-refractivity contribution in [1.29, 1.82) is 0 Å². The molecule has 2 aromatic rings. The lowest BCUT2D eigenvalue weighted by Crippen LogP contribution is -2.67. The monoisotopic (exact) mass is 621 g/mol. The van der Waals surface area contributed by atoms with Crippen LogP contribution in [0.3, 0.4) is 0 Å². The van der Waals surface area contributed by atoms with Gasteiger partial charge in [-0.05, 0) is 79.7 Å². The van der Waals surface area contributed by atoms with Gasteiger partial charge in [-0.2, -0.15) is 0 Å². The van der Waals surface area contributed by atoms with Crippen molar-refractivity contribution in [1.82, 2.24) is 4.90 Å². The van der Waals surface area contributed by atoms with Crippen LogP contribution in [-0.2, 0) is 9.47 Å². The Bertz CT molecular complexity index is 1620. The molecule has 4 fully saturated rings. The van der Waals surface area contributed by atoms with Gasteiger partial charge in [-0.3, -0.25) is 4.79 Å². The molecule has 0 aromatic heterocycles. The van der Waals surface area contributed by atoms with E-state index < -0.39 is 11.0 Å². The smallest absolute Gasteiger partial charge is 0.410 e. The summed E-state index contributed by atoms with van der Waals surface area (Å²) in [6, 6.07) is 18.4. The van der Waals surface area contributed by atoms with E-state index in [2.05, 4.69) is 56.3 Å². The number of amides is 1. The van der Waals surface area contributed by atoms with Gasteiger partial charge in [0.2, 0.25) is 0 Å². The molecule has 2 aromatic carbocycles. The van der Waals surface area contributed by atoms with E-state index >= 15 is 0 Å². The van der Waals surface area contributed by atoms with Crippen LogP contribution in [0.4, 0.5) is 4.79 Å². The van der Waals surface area contributed by atoms with E-state index in [0.29, 0.717) is 31.7 Å². The molecule has 1 N–H and O–H groups in total. The Hall–Kier alpha value is -3.22. The maximum atomic E-state index is 14.9.